The zero-order valence-electron chi connectivity index (χ0n) is 17.6. The van der Waals surface area contributed by atoms with Crippen LogP contribution in [-0.2, 0) is 24.3 Å². The highest BCUT2D eigenvalue weighted by atomic mass is 35.5. The first kappa shape index (κ1) is 21.6. The van der Waals surface area contributed by atoms with Crippen LogP contribution in [0, 0.1) is 0 Å². The van der Waals surface area contributed by atoms with Crippen molar-refractivity contribution in [2.75, 3.05) is 5.32 Å². The molecule has 3 aromatic carbocycles. The molecule has 0 atom stereocenters. The van der Waals surface area contributed by atoms with E-state index < -0.39 is 0 Å². The molecule has 2 amide bonds. The summed E-state index contributed by atoms with van der Waals surface area (Å²) in [5.74, 6) is 0.216. The van der Waals surface area contributed by atoms with Crippen LogP contribution in [0.4, 0.5) is 5.69 Å². The molecule has 0 aliphatic carbocycles. The van der Waals surface area contributed by atoms with Crippen molar-refractivity contribution in [1.82, 2.24) is 14.9 Å². The van der Waals surface area contributed by atoms with Gasteiger partial charge in [0.15, 0.2) is 0 Å². The van der Waals surface area contributed by atoms with Crippen LogP contribution in [0.5, 0.6) is 0 Å². The molecule has 7 heteroatoms. The smallest absolute Gasteiger partial charge is 0.251 e. The van der Waals surface area contributed by atoms with Crippen molar-refractivity contribution >= 4 is 40.1 Å². The van der Waals surface area contributed by atoms with E-state index in [9.17, 15) is 9.59 Å². The van der Waals surface area contributed by atoms with Gasteiger partial charge in [0.05, 0.1) is 17.6 Å². The number of amides is 2. The Balaban J connectivity index is 1.54. The number of aryl methyl sites for hydroxylation is 1. The van der Waals surface area contributed by atoms with Crippen molar-refractivity contribution in [2.24, 2.45) is 0 Å². The number of aromatic nitrogens is 2. The van der Waals surface area contributed by atoms with Gasteiger partial charge in [0.25, 0.3) is 5.91 Å². The van der Waals surface area contributed by atoms with Crippen LogP contribution < -0.4 is 10.6 Å². The van der Waals surface area contributed by atoms with Gasteiger partial charge < -0.3 is 15.2 Å². The molecular formula is C25H23ClN4O2. The number of halogens is 1. The normalized spacial score (nSPS) is 10.8. The predicted molar refractivity (Wildman–Crippen MR) is 127 cm³/mol. The number of nitrogens with one attached hydrogen (secondary N) is 2. The van der Waals surface area contributed by atoms with Crippen LogP contribution in [-0.4, -0.2) is 21.4 Å². The number of carbonyl (C=O) groups excluding carboxylic acids is 2. The summed E-state index contributed by atoms with van der Waals surface area (Å²) in [5, 5.41) is 6.45. The summed E-state index contributed by atoms with van der Waals surface area (Å²) in [5.41, 5.74) is 3.99. The lowest BCUT2D eigenvalue weighted by Crippen LogP contribution is -2.26. The van der Waals surface area contributed by atoms with E-state index >= 15 is 0 Å². The van der Waals surface area contributed by atoms with E-state index in [1.165, 1.54) is 0 Å². The molecule has 2 N–H and O–H groups in total. The van der Waals surface area contributed by atoms with Crippen LogP contribution in [0.15, 0.2) is 72.8 Å². The maximum absolute atomic E-state index is 12.9. The first-order valence-electron chi connectivity index (χ1n) is 10.4. The Bertz CT molecular complexity index is 1260. The highest BCUT2D eigenvalue weighted by Crippen LogP contribution is 2.19. The molecule has 1 heterocycles. The van der Waals surface area contributed by atoms with Crippen molar-refractivity contribution in [3.63, 3.8) is 0 Å². The number of anilines is 1. The molecule has 4 aromatic rings. The summed E-state index contributed by atoms with van der Waals surface area (Å²) < 4.78 is 1.83. The number of rotatable bonds is 7. The van der Waals surface area contributed by atoms with E-state index in [0.717, 1.165) is 28.7 Å². The minimum absolute atomic E-state index is 0.0880. The molecule has 4 rings (SSSR count). The number of benzene rings is 3. The lowest BCUT2D eigenvalue weighted by molar-refractivity contribution is -0.116. The van der Waals surface area contributed by atoms with Gasteiger partial charge in [-0.05, 0) is 54.4 Å². The van der Waals surface area contributed by atoms with Crippen LogP contribution in [0.1, 0.15) is 28.7 Å². The molecule has 0 fully saturated rings. The third kappa shape index (κ3) is 4.81. The molecular weight excluding hydrogens is 424 g/mol. The largest absolute Gasteiger partial charge is 0.345 e. The average molecular weight is 447 g/mol. The van der Waals surface area contributed by atoms with Gasteiger partial charge in [0.1, 0.15) is 12.4 Å². The summed E-state index contributed by atoms with van der Waals surface area (Å²) >= 11 is 5.90. The highest BCUT2D eigenvalue weighted by molar-refractivity contribution is 6.30. The van der Waals surface area contributed by atoms with Gasteiger partial charge in [-0.3, -0.25) is 9.59 Å². The Kier molecular flexibility index (Phi) is 6.52. The molecule has 0 aliphatic heterocycles. The molecule has 0 saturated carbocycles. The van der Waals surface area contributed by atoms with E-state index in [4.69, 9.17) is 11.6 Å². The van der Waals surface area contributed by atoms with Crippen molar-refractivity contribution < 1.29 is 9.59 Å². The second-order valence-electron chi connectivity index (χ2n) is 7.35. The maximum Gasteiger partial charge on any atom is 0.251 e. The number of imidazole rings is 1. The Morgan fingerprint density at radius 2 is 1.69 bits per heavy atom. The number of hydrogen-bond acceptors (Lipinski definition) is 3. The molecule has 0 spiro atoms. The lowest BCUT2D eigenvalue weighted by Gasteiger charge is -2.13. The SMILES string of the molecule is CCc1ccccc1NC(=O)Cn1c(CNC(=O)c2ccc(Cl)cc2)nc2ccccc21. The fraction of sp³-hybridized carbons (Fsp3) is 0.160. The topological polar surface area (TPSA) is 76.0 Å². The summed E-state index contributed by atoms with van der Waals surface area (Å²) in [7, 11) is 0. The standard InChI is InChI=1S/C25H23ClN4O2/c1-2-17-7-3-4-8-20(17)29-24(31)16-30-22-10-6-5-9-21(22)28-23(30)15-27-25(32)18-11-13-19(26)14-12-18/h3-14H,2,15-16H2,1H3,(H,27,32)(H,29,31). The van der Waals surface area contributed by atoms with Gasteiger partial charge in [0.2, 0.25) is 5.91 Å². The van der Waals surface area contributed by atoms with Gasteiger partial charge in [0, 0.05) is 16.3 Å². The van der Waals surface area contributed by atoms with Crippen LogP contribution in [0.3, 0.4) is 0 Å². The molecule has 0 saturated heterocycles. The molecule has 162 valence electrons. The number of hydrogen-bond donors (Lipinski definition) is 2. The third-order valence-corrected chi connectivity index (χ3v) is 5.47. The molecule has 1 aromatic heterocycles. The second kappa shape index (κ2) is 9.66. The highest BCUT2D eigenvalue weighted by Gasteiger charge is 2.15. The van der Waals surface area contributed by atoms with Crippen molar-refractivity contribution in [3.8, 4) is 0 Å². The minimum Gasteiger partial charge on any atom is -0.345 e. The van der Waals surface area contributed by atoms with Crippen molar-refractivity contribution in [2.45, 2.75) is 26.4 Å². The lowest BCUT2D eigenvalue weighted by atomic mass is 10.1. The van der Waals surface area contributed by atoms with Crippen molar-refractivity contribution in [1.29, 1.82) is 0 Å². The summed E-state index contributed by atoms with van der Waals surface area (Å²) in [4.78, 5) is 30.0. The third-order valence-electron chi connectivity index (χ3n) is 5.22. The molecule has 0 unspecified atom stereocenters. The fourth-order valence-electron chi connectivity index (χ4n) is 3.58. The molecule has 0 bridgehead atoms. The zero-order valence-corrected chi connectivity index (χ0v) is 18.4. The van der Waals surface area contributed by atoms with Gasteiger partial charge in [-0.2, -0.15) is 0 Å². The second-order valence-corrected chi connectivity index (χ2v) is 7.79. The Morgan fingerprint density at radius 1 is 0.969 bits per heavy atom. The van der Waals surface area contributed by atoms with E-state index in [2.05, 4.69) is 22.5 Å². The number of nitrogens with zero attached hydrogens (tertiary/aromatic N) is 2. The number of fused-ring (bicyclic) bond motifs is 1. The van der Waals surface area contributed by atoms with Gasteiger partial charge in [-0.15, -0.1) is 0 Å². The fourth-order valence-corrected chi connectivity index (χ4v) is 3.71. The quantitative estimate of drug-likeness (QED) is 0.427. The number of para-hydroxylation sites is 3. The number of carbonyl (C=O) groups is 2. The van der Waals surface area contributed by atoms with Crippen molar-refractivity contribution in [3.05, 3.63) is 94.8 Å². The Labute approximate surface area is 191 Å². The Hall–Kier alpha value is -3.64. The van der Waals surface area contributed by atoms with E-state index in [1.54, 1.807) is 24.3 Å². The van der Waals surface area contributed by atoms with E-state index in [-0.39, 0.29) is 24.9 Å². The summed E-state index contributed by atoms with van der Waals surface area (Å²) in [6, 6.07) is 22.0. The molecule has 6 nitrogen and oxygen atoms in total. The van der Waals surface area contributed by atoms with E-state index in [0.29, 0.717) is 16.4 Å². The maximum atomic E-state index is 12.9. The van der Waals surface area contributed by atoms with Gasteiger partial charge in [-0.1, -0.05) is 48.9 Å². The van der Waals surface area contributed by atoms with Crippen LogP contribution >= 0.6 is 11.6 Å². The molecule has 32 heavy (non-hydrogen) atoms. The van der Waals surface area contributed by atoms with Gasteiger partial charge >= 0.3 is 0 Å². The van der Waals surface area contributed by atoms with Crippen LogP contribution in [0.2, 0.25) is 5.02 Å². The van der Waals surface area contributed by atoms with Gasteiger partial charge in [-0.25, -0.2) is 4.98 Å². The monoisotopic (exact) mass is 446 g/mol. The minimum atomic E-state index is -0.235. The molecule has 0 aliphatic rings. The van der Waals surface area contributed by atoms with E-state index in [1.807, 2.05) is 53.1 Å². The summed E-state index contributed by atoms with van der Waals surface area (Å²) in [6.07, 6.45) is 0.826. The zero-order chi connectivity index (χ0) is 22.5. The summed E-state index contributed by atoms with van der Waals surface area (Å²) in [6.45, 7) is 2.33. The molecule has 0 radical (unpaired) electrons. The predicted octanol–water partition coefficient (Wildman–Crippen LogP) is 4.82. The average Bonchev–Trinajstić information content (AvgIpc) is 3.15. The Morgan fingerprint density at radius 3 is 2.47 bits per heavy atom. The first-order valence-corrected chi connectivity index (χ1v) is 10.8. The first-order chi connectivity index (χ1) is 15.5. The van der Waals surface area contributed by atoms with Crippen LogP contribution in [0.25, 0.3) is 11.0 Å².